The van der Waals surface area contributed by atoms with Crippen molar-refractivity contribution in [2.24, 2.45) is 0 Å². The molecule has 0 N–H and O–H groups in total. The largest absolute Gasteiger partial charge is 0.496 e. The maximum absolute atomic E-state index is 6.05. The number of methoxy groups -OCH3 is 1. The number of hydrogen-bond donors (Lipinski definition) is 0. The van der Waals surface area contributed by atoms with E-state index in [4.69, 9.17) is 9.47 Å². The van der Waals surface area contributed by atoms with Gasteiger partial charge in [0, 0.05) is 5.56 Å². The Hall–Kier alpha value is -2.52. The number of nitrogens with zero attached hydrogens (tertiary/aromatic N) is 1. The van der Waals surface area contributed by atoms with E-state index in [1.54, 1.807) is 7.11 Å². The predicted octanol–water partition coefficient (Wildman–Crippen LogP) is 4.92. The van der Waals surface area contributed by atoms with Crippen LogP contribution in [-0.4, -0.2) is 32.6 Å². The molecule has 0 aliphatic rings. The van der Waals surface area contributed by atoms with E-state index in [1.165, 1.54) is 16.3 Å². The summed E-state index contributed by atoms with van der Waals surface area (Å²) in [4.78, 5) is 2.22. The monoisotopic (exact) mass is 349 g/mol. The predicted molar refractivity (Wildman–Crippen MR) is 108 cm³/mol. The van der Waals surface area contributed by atoms with Gasteiger partial charge in [-0.1, -0.05) is 36.4 Å². The number of hydrogen-bond acceptors (Lipinski definition) is 3. The van der Waals surface area contributed by atoms with Crippen molar-refractivity contribution in [1.82, 2.24) is 4.90 Å². The Kier molecular flexibility index (Phi) is 6.13. The van der Waals surface area contributed by atoms with Crippen molar-refractivity contribution in [3.8, 4) is 11.5 Å². The highest BCUT2D eigenvalue weighted by molar-refractivity contribution is 5.83. The second-order valence-corrected chi connectivity index (χ2v) is 6.85. The highest BCUT2D eigenvalue weighted by Crippen LogP contribution is 2.25. The first kappa shape index (κ1) is 18.3. The molecule has 26 heavy (non-hydrogen) atoms. The first-order valence-corrected chi connectivity index (χ1v) is 9.08. The van der Waals surface area contributed by atoms with Crippen LogP contribution in [0.1, 0.15) is 17.5 Å². The fourth-order valence-electron chi connectivity index (χ4n) is 3.12. The highest BCUT2D eigenvalue weighted by Gasteiger charge is 2.07. The number of ether oxygens (including phenoxy) is 2. The molecule has 3 nitrogen and oxygen atoms in total. The summed E-state index contributed by atoms with van der Waals surface area (Å²) in [7, 11) is 5.92. The van der Waals surface area contributed by atoms with Gasteiger partial charge in [0.05, 0.1) is 7.11 Å². The van der Waals surface area contributed by atoms with Gasteiger partial charge in [-0.25, -0.2) is 0 Å². The van der Waals surface area contributed by atoms with Gasteiger partial charge >= 0.3 is 0 Å². The third kappa shape index (κ3) is 4.77. The molecule has 0 saturated heterocycles. The fraction of sp³-hybridized carbons (Fsp3) is 0.304. The van der Waals surface area contributed by atoms with E-state index in [2.05, 4.69) is 61.5 Å². The molecule has 0 aliphatic heterocycles. The van der Waals surface area contributed by atoms with Crippen LogP contribution in [-0.2, 0) is 13.0 Å². The first-order valence-electron chi connectivity index (χ1n) is 9.08. The standard InChI is InChI=1S/C23H27NO2/c1-24(2)14-6-7-18-10-13-23(25-3)21(15-18)17-26-22-12-11-19-8-4-5-9-20(19)16-22/h4-5,8-13,15-16H,6-7,14,17H2,1-3H3. The minimum Gasteiger partial charge on any atom is -0.496 e. The van der Waals surface area contributed by atoms with Gasteiger partial charge < -0.3 is 14.4 Å². The summed E-state index contributed by atoms with van der Waals surface area (Å²) in [5.74, 6) is 1.76. The summed E-state index contributed by atoms with van der Waals surface area (Å²) in [6.07, 6.45) is 2.20. The molecule has 0 fully saturated rings. The Labute approximate surface area is 156 Å². The molecule has 0 amide bonds. The van der Waals surface area contributed by atoms with Crippen molar-refractivity contribution < 1.29 is 9.47 Å². The smallest absolute Gasteiger partial charge is 0.125 e. The molecule has 0 saturated carbocycles. The van der Waals surface area contributed by atoms with Crippen LogP contribution in [0.2, 0.25) is 0 Å². The lowest BCUT2D eigenvalue weighted by molar-refractivity contribution is 0.297. The third-order valence-electron chi connectivity index (χ3n) is 4.53. The molecular weight excluding hydrogens is 322 g/mol. The van der Waals surface area contributed by atoms with Crippen LogP contribution < -0.4 is 9.47 Å². The maximum Gasteiger partial charge on any atom is 0.125 e. The molecule has 136 valence electrons. The Morgan fingerprint density at radius 3 is 2.46 bits per heavy atom. The minimum atomic E-state index is 0.503. The van der Waals surface area contributed by atoms with E-state index in [1.807, 2.05) is 18.2 Å². The summed E-state index contributed by atoms with van der Waals surface area (Å²) in [5.41, 5.74) is 2.41. The van der Waals surface area contributed by atoms with Gasteiger partial charge in [0.15, 0.2) is 0 Å². The molecule has 0 radical (unpaired) electrons. The number of fused-ring (bicyclic) bond motifs is 1. The van der Waals surface area contributed by atoms with Crippen molar-refractivity contribution >= 4 is 10.8 Å². The Morgan fingerprint density at radius 1 is 0.885 bits per heavy atom. The molecule has 3 heteroatoms. The van der Waals surface area contributed by atoms with Crippen molar-refractivity contribution in [1.29, 1.82) is 0 Å². The Balaban J connectivity index is 1.70. The lowest BCUT2D eigenvalue weighted by atomic mass is 10.1. The number of benzene rings is 3. The first-order chi connectivity index (χ1) is 12.7. The van der Waals surface area contributed by atoms with Crippen molar-refractivity contribution in [2.45, 2.75) is 19.4 Å². The fourth-order valence-corrected chi connectivity index (χ4v) is 3.12. The molecule has 0 aliphatic carbocycles. The average Bonchev–Trinajstić information content (AvgIpc) is 2.66. The Morgan fingerprint density at radius 2 is 1.69 bits per heavy atom. The number of aryl methyl sites for hydroxylation is 1. The van der Waals surface area contributed by atoms with E-state index in [-0.39, 0.29) is 0 Å². The van der Waals surface area contributed by atoms with Crippen LogP contribution >= 0.6 is 0 Å². The molecule has 0 aromatic heterocycles. The quantitative estimate of drug-likeness (QED) is 0.576. The lowest BCUT2D eigenvalue weighted by Gasteiger charge is -2.13. The molecule has 3 aromatic carbocycles. The van der Waals surface area contributed by atoms with E-state index >= 15 is 0 Å². The van der Waals surface area contributed by atoms with Gasteiger partial charge in [0.1, 0.15) is 18.1 Å². The van der Waals surface area contributed by atoms with Crippen LogP contribution in [0.4, 0.5) is 0 Å². The van der Waals surface area contributed by atoms with Gasteiger partial charge in [-0.3, -0.25) is 0 Å². The van der Waals surface area contributed by atoms with Crippen LogP contribution in [0.3, 0.4) is 0 Å². The zero-order chi connectivity index (χ0) is 18.4. The lowest BCUT2D eigenvalue weighted by Crippen LogP contribution is -2.13. The summed E-state index contributed by atoms with van der Waals surface area (Å²) < 4.78 is 11.6. The number of rotatable bonds is 8. The van der Waals surface area contributed by atoms with Crippen LogP contribution in [0.5, 0.6) is 11.5 Å². The van der Waals surface area contributed by atoms with E-state index in [0.717, 1.165) is 36.4 Å². The SMILES string of the molecule is COc1ccc(CCCN(C)C)cc1COc1ccc2ccccc2c1. The van der Waals surface area contributed by atoms with Crippen LogP contribution in [0.15, 0.2) is 60.7 Å². The summed E-state index contributed by atoms with van der Waals surface area (Å²) in [5, 5.41) is 2.41. The highest BCUT2D eigenvalue weighted by atomic mass is 16.5. The van der Waals surface area contributed by atoms with Gasteiger partial charge in [-0.05, 0) is 74.1 Å². The second-order valence-electron chi connectivity index (χ2n) is 6.85. The van der Waals surface area contributed by atoms with Crippen molar-refractivity contribution in [2.75, 3.05) is 27.7 Å². The summed E-state index contributed by atoms with van der Waals surface area (Å²) >= 11 is 0. The van der Waals surface area contributed by atoms with Gasteiger partial charge in [-0.2, -0.15) is 0 Å². The summed E-state index contributed by atoms with van der Waals surface area (Å²) in [6, 6.07) is 20.9. The molecule has 0 spiro atoms. The minimum absolute atomic E-state index is 0.503. The molecule has 0 bridgehead atoms. The normalized spacial score (nSPS) is 11.1. The van der Waals surface area contributed by atoms with Crippen LogP contribution in [0.25, 0.3) is 10.8 Å². The Bertz CT molecular complexity index is 858. The molecule has 0 heterocycles. The van der Waals surface area contributed by atoms with E-state index in [0.29, 0.717) is 6.61 Å². The van der Waals surface area contributed by atoms with Crippen molar-refractivity contribution in [3.63, 3.8) is 0 Å². The van der Waals surface area contributed by atoms with Gasteiger partial charge in [0.25, 0.3) is 0 Å². The third-order valence-corrected chi connectivity index (χ3v) is 4.53. The molecule has 3 rings (SSSR count). The maximum atomic E-state index is 6.05. The van der Waals surface area contributed by atoms with E-state index in [9.17, 15) is 0 Å². The van der Waals surface area contributed by atoms with Crippen molar-refractivity contribution in [3.05, 3.63) is 71.8 Å². The summed E-state index contributed by atoms with van der Waals surface area (Å²) in [6.45, 7) is 1.60. The zero-order valence-electron chi connectivity index (χ0n) is 15.9. The van der Waals surface area contributed by atoms with Gasteiger partial charge in [-0.15, -0.1) is 0 Å². The second kappa shape index (κ2) is 8.72. The van der Waals surface area contributed by atoms with Crippen LogP contribution in [0, 0.1) is 0 Å². The molecule has 0 unspecified atom stereocenters. The molecule has 3 aromatic rings. The van der Waals surface area contributed by atoms with E-state index < -0.39 is 0 Å². The van der Waals surface area contributed by atoms with Gasteiger partial charge in [0.2, 0.25) is 0 Å². The molecule has 0 atom stereocenters. The zero-order valence-corrected chi connectivity index (χ0v) is 15.9. The average molecular weight is 349 g/mol. The molecular formula is C23H27NO2. The topological polar surface area (TPSA) is 21.7 Å².